The van der Waals surface area contributed by atoms with Crippen LogP contribution in [0, 0.1) is 0 Å². The Morgan fingerprint density at radius 3 is 1.94 bits per heavy atom. The average molecular weight is 233 g/mol. The van der Waals surface area contributed by atoms with Crippen molar-refractivity contribution in [2.75, 3.05) is 12.0 Å². The van der Waals surface area contributed by atoms with Crippen LogP contribution in [0.4, 0.5) is 5.69 Å². The molecule has 0 bridgehead atoms. The van der Waals surface area contributed by atoms with Gasteiger partial charge in [-0.05, 0) is 12.1 Å². The van der Waals surface area contributed by atoms with Gasteiger partial charge >= 0.3 is 0 Å². The SMILES string of the molecule is COC=O.O=C1C=CC(=O)N1c1ccccc1. The van der Waals surface area contributed by atoms with Crippen LogP contribution in [-0.4, -0.2) is 25.4 Å². The molecule has 0 N–H and O–H groups in total. The lowest BCUT2D eigenvalue weighted by molar-refractivity contribution is -0.126. The first kappa shape index (κ1) is 12.6. The number of carbonyl (C=O) groups excluding carboxylic acids is 3. The largest absolute Gasteiger partial charge is 0.471 e. The minimum atomic E-state index is -0.281. The molecule has 5 nitrogen and oxygen atoms in total. The molecule has 0 saturated carbocycles. The molecule has 1 aliphatic heterocycles. The Balaban J connectivity index is 0.000000317. The maximum atomic E-state index is 11.2. The molecule has 0 unspecified atom stereocenters. The normalized spacial score (nSPS) is 13.1. The van der Waals surface area contributed by atoms with Crippen LogP contribution in [-0.2, 0) is 19.1 Å². The molecule has 0 aromatic heterocycles. The van der Waals surface area contributed by atoms with Crippen molar-refractivity contribution in [1.82, 2.24) is 0 Å². The monoisotopic (exact) mass is 233 g/mol. The zero-order valence-corrected chi connectivity index (χ0v) is 9.20. The molecule has 1 aromatic carbocycles. The third-order valence-electron chi connectivity index (χ3n) is 1.92. The summed E-state index contributed by atoms with van der Waals surface area (Å²) in [5.41, 5.74) is 0.613. The topological polar surface area (TPSA) is 63.7 Å². The summed E-state index contributed by atoms with van der Waals surface area (Å²) in [4.78, 5) is 32.5. The highest BCUT2D eigenvalue weighted by Crippen LogP contribution is 2.17. The number of imide groups is 1. The third-order valence-corrected chi connectivity index (χ3v) is 1.92. The molecule has 0 atom stereocenters. The van der Waals surface area contributed by atoms with Gasteiger partial charge in [0.15, 0.2) is 0 Å². The van der Waals surface area contributed by atoms with Gasteiger partial charge in [0.05, 0.1) is 12.8 Å². The molecule has 1 heterocycles. The van der Waals surface area contributed by atoms with E-state index in [1.807, 2.05) is 6.07 Å². The van der Waals surface area contributed by atoms with Crippen molar-refractivity contribution in [3.63, 3.8) is 0 Å². The molecule has 1 aromatic rings. The van der Waals surface area contributed by atoms with Crippen molar-refractivity contribution in [2.45, 2.75) is 0 Å². The van der Waals surface area contributed by atoms with E-state index >= 15 is 0 Å². The van der Waals surface area contributed by atoms with Crippen LogP contribution in [0.15, 0.2) is 42.5 Å². The summed E-state index contributed by atoms with van der Waals surface area (Å²) >= 11 is 0. The molecule has 0 fully saturated rings. The summed E-state index contributed by atoms with van der Waals surface area (Å²) in [6.45, 7) is 0.375. The van der Waals surface area contributed by atoms with E-state index in [0.29, 0.717) is 12.2 Å². The van der Waals surface area contributed by atoms with E-state index in [4.69, 9.17) is 4.79 Å². The van der Waals surface area contributed by atoms with Gasteiger partial charge in [-0.2, -0.15) is 0 Å². The molecule has 88 valence electrons. The maximum absolute atomic E-state index is 11.2. The first-order chi connectivity index (χ1) is 8.20. The molecule has 0 saturated heterocycles. The van der Waals surface area contributed by atoms with Gasteiger partial charge in [0, 0.05) is 12.2 Å². The third kappa shape index (κ3) is 3.27. The van der Waals surface area contributed by atoms with Gasteiger partial charge in [-0.15, -0.1) is 0 Å². The van der Waals surface area contributed by atoms with Gasteiger partial charge in [0.25, 0.3) is 18.3 Å². The van der Waals surface area contributed by atoms with Crippen LogP contribution in [0.1, 0.15) is 0 Å². The number of anilines is 1. The number of amides is 2. The van der Waals surface area contributed by atoms with E-state index < -0.39 is 0 Å². The van der Waals surface area contributed by atoms with E-state index in [-0.39, 0.29) is 11.8 Å². The van der Waals surface area contributed by atoms with Gasteiger partial charge in [0.1, 0.15) is 0 Å². The molecule has 0 radical (unpaired) electrons. The fourth-order valence-corrected chi connectivity index (χ4v) is 1.23. The molecule has 2 rings (SSSR count). The van der Waals surface area contributed by atoms with E-state index in [0.717, 1.165) is 4.90 Å². The summed E-state index contributed by atoms with van der Waals surface area (Å²) in [6.07, 6.45) is 2.55. The van der Waals surface area contributed by atoms with Crippen LogP contribution in [0.25, 0.3) is 0 Å². The average Bonchev–Trinajstić information content (AvgIpc) is 2.70. The highest BCUT2D eigenvalue weighted by molar-refractivity contribution is 6.28. The van der Waals surface area contributed by atoms with E-state index in [1.165, 1.54) is 19.3 Å². The second kappa shape index (κ2) is 6.22. The Hall–Kier alpha value is -2.43. The predicted octanol–water partition coefficient (Wildman–Crippen LogP) is 0.905. The number of benzene rings is 1. The zero-order chi connectivity index (χ0) is 12.7. The molecule has 1 aliphatic rings. The number of carbonyl (C=O) groups is 3. The smallest absolute Gasteiger partial charge is 0.292 e. The Kier molecular flexibility index (Phi) is 4.62. The predicted molar refractivity (Wildman–Crippen MR) is 61.1 cm³/mol. The quantitative estimate of drug-likeness (QED) is 0.562. The van der Waals surface area contributed by atoms with Crippen molar-refractivity contribution in [1.29, 1.82) is 0 Å². The lowest BCUT2D eigenvalue weighted by Gasteiger charge is -2.12. The second-order valence-corrected chi connectivity index (χ2v) is 3.01. The molecular formula is C12H11NO4. The van der Waals surface area contributed by atoms with Crippen molar-refractivity contribution < 1.29 is 19.1 Å². The lowest BCUT2D eigenvalue weighted by atomic mass is 10.3. The number of ether oxygens (including phenoxy) is 1. The highest BCUT2D eigenvalue weighted by Gasteiger charge is 2.24. The first-order valence-electron chi connectivity index (χ1n) is 4.78. The van der Waals surface area contributed by atoms with Gasteiger partial charge in [-0.3, -0.25) is 14.4 Å². The summed E-state index contributed by atoms with van der Waals surface area (Å²) in [5, 5.41) is 0. The second-order valence-electron chi connectivity index (χ2n) is 3.01. The Labute approximate surface area is 98.3 Å². The van der Waals surface area contributed by atoms with Gasteiger partial charge in [0.2, 0.25) is 0 Å². The Morgan fingerprint density at radius 2 is 1.53 bits per heavy atom. The number of para-hydroxylation sites is 1. The van der Waals surface area contributed by atoms with E-state index in [9.17, 15) is 9.59 Å². The summed E-state index contributed by atoms with van der Waals surface area (Å²) < 4.78 is 3.86. The number of methoxy groups -OCH3 is 1. The fraction of sp³-hybridized carbons (Fsp3) is 0.0833. The molecule has 17 heavy (non-hydrogen) atoms. The van der Waals surface area contributed by atoms with Crippen molar-refractivity contribution >= 4 is 24.0 Å². The van der Waals surface area contributed by atoms with Crippen LogP contribution >= 0.6 is 0 Å². The number of hydrogen-bond donors (Lipinski definition) is 0. The molecule has 0 aliphatic carbocycles. The summed E-state index contributed by atoms with van der Waals surface area (Å²) in [7, 11) is 1.31. The molecule has 2 amide bonds. The molecule has 5 heteroatoms. The fourth-order valence-electron chi connectivity index (χ4n) is 1.23. The lowest BCUT2D eigenvalue weighted by Crippen LogP contribution is -2.29. The molecule has 0 spiro atoms. The number of rotatable bonds is 2. The first-order valence-corrected chi connectivity index (χ1v) is 4.78. The zero-order valence-electron chi connectivity index (χ0n) is 9.20. The number of hydrogen-bond acceptors (Lipinski definition) is 4. The summed E-state index contributed by atoms with van der Waals surface area (Å²) in [6, 6.07) is 8.86. The van der Waals surface area contributed by atoms with Gasteiger partial charge in [-0.1, -0.05) is 18.2 Å². The summed E-state index contributed by atoms with van der Waals surface area (Å²) in [5.74, 6) is -0.563. The highest BCUT2D eigenvalue weighted by atomic mass is 16.5. The van der Waals surface area contributed by atoms with Crippen LogP contribution in [0.3, 0.4) is 0 Å². The minimum absolute atomic E-state index is 0.281. The Bertz CT molecular complexity index is 421. The van der Waals surface area contributed by atoms with Crippen LogP contribution in [0.5, 0.6) is 0 Å². The maximum Gasteiger partial charge on any atom is 0.292 e. The standard InChI is InChI=1S/C10H7NO2.C2H4O2/c12-9-6-7-10(13)11(9)8-4-2-1-3-5-8;1-4-2-3/h1-7H;2H,1H3. The Morgan fingerprint density at radius 1 is 1.06 bits per heavy atom. The van der Waals surface area contributed by atoms with Crippen molar-refractivity contribution in [2.24, 2.45) is 0 Å². The minimum Gasteiger partial charge on any atom is -0.471 e. The van der Waals surface area contributed by atoms with E-state index in [2.05, 4.69) is 4.74 Å². The van der Waals surface area contributed by atoms with Gasteiger partial charge < -0.3 is 4.74 Å². The van der Waals surface area contributed by atoms with Crippen molar-refractivity contribution in [3.8, 4) is 0 Å². The van der Waals surface area contributed by atoms with Crippen LogP contribution < -0.4 is 4.90 Å². The van der Waals surface area contributed by atoms with Crippen LogP contribution in [0.2, 0.25) is 0 Å². The van der Waals surface area contributed by atoms with Crippen molar-refractivity contribution in [3.05, 3.63) is 42.5 Å². The van der Waals surface area contributed by atoms with E-state index in [1.54, 1.807) is 24.3 Å². The number of nitrogens with zero attached hydrogens (tertiary/aromatic N) is 1. The van der Waals surface area contributed by atoms with Gasteiger partial charge in [-0.25, -0.2) is 4.90 Å². The molecular weight excluding hydrogens is 222 g/mol.